The Morgan fingerprint density at radius 2 is 1.29 bits per heavy atom. The van der Waals surface area contributed by atoms with Gasteiger partial charge in [-0.2, -0.15) is 0 Å². The van der Waals surface area contributed by atoms with Gasteiger partial charge in [0.15, 0.2) is 0 Å². The molecule has 0 heterocycles. The Morgan fingerprint density at radius 3 is 1.50 bits per heavy atom. The average Bonchev–Trinajstić information content (AvgIpc) is 2.03. The summed E-state index contributed by atoms with van der Waals surface area (Å²) in [6.07, 6.45) is 1.80. The highest BCUT2D eigenvalue weighted by Crippen LogP contribution is 1.99. The normalized spacial score (nSPS) is 12.5. The number of hydroxylamine groups is 2. The van der Waals surface area contributed by atoms with Gasteiger partial charge in [0.2, 0.25) is 0 Å². The number of carbonyl (C=O) groups is 2. The molecule has 0 saturated carbocycles. The summed E-state index contributed by atoms with van der Waals surface area (Å²) >= 11 is 0. The molecule has 0 aliphatic rings. The van der Waals surface area contributed by atoms with Crippen LogP contribution in [0.3, 0.4) is 0 Å². The molecular weight excluding hydrogens is 190 g/mol. The van der Waals surface area contributed by atoms with E-state index in [0.29, 0.717) is 5.06 Å². The van der Waals surface area contributed by atoms with Crippen LogP contribution in [0.5, 0.6) is 0 Å². The monoisotopic (exact) mass is 201 g/mol. The Balaban J connectivity index is 4.59. The van der Waals surface area contributed by atoms with Gasteiger partial charge in [0.25, 0.3) is 0 Å². The summed E-state index contributed by atoms with van der Waals surface area (Å²) in [6, 6.07) is 0. The van der Waals surface area contributed by atoms with E-state index >= 15 is 0 Å². The van der Waals surface area contributed by atoms with Crippen LogP contribution < -0.4 is 0 Å². The molecule has 0 spiro atoms. The van der Waals surface area contributed by atoms with Crippen molar-refractivity contribution in [2.45, 2.75) is 13.8 Å². The van der Waals surface area contributed by atoms with E-state index in [1.54, 1.807) is 0 Å². The second-order valence-electron chi connectivity index (χ2n) is 2.61. The number of nitrogens with zero attached hydrogens (tertiary/aromatic N) is 1. The van der Waals surface area contributed by atoms with Crippen LogP contribution >= 0.6 is 0 Å². The predicted molar refractivity (Wildman–Crippen MR) is 46.4 cm³/mol. The lowest BCUT2D eigenvalue weighted by atomic mass is 10.3. The topological polar surface area (TPSA) is 98.1 Å². The summed E-state index contributed by atoms with van der Waals surface area (Å²) in [4.78, 5) is 20.6. The molecule has 6 heteroatoms. The fourth-order valence-electron chi connectivity index (χ4n) is 0.545. The van der Waals surface area contributed by atoms with Crippen LogP contribution in [0.4, 0.5) is 0 Å². The van der Waals surface area contributed by atoms with Crippen LogP contribution in [0.2, 0.25) is 0 Å². The molecule has 0 aliphatic carbocycles. The minimum atomic E-state index is -1.19. The van der Waals surface area contributed by atoms with Gasteiger partial charge in [0.05, 0.1) is 11.1 Å². The van der Waals surface area contributed by atoms with E-state index in [2.05, 4.69) is 0 Å². The molecule has 0 aliphatic heterocycles. The van der Waals surface area contributed by atoms with Crippen LogP contribution in [0.15, 0.2) is 23.5 Å². The lowest BCUT2D eigenvalue weighted by Crippen LogP contribution is -2.09. The molecule has 78 valence electrons. The molecule has 0 aromatic carbocycles. The standard InChI is InChI=1S/C8H11NO5/c1-5(7(10)11)3-9(14)4-6(2)8(12)13/h3-4,14H,1-2H3,(H,10,11)(H,12,13). The second-order valence-corrected chi connectivity index (χ2v) is 2.61. The van der Waals surface area contributed by atoms with Crippen molar-refractivity contribution in [1.82, 2.24) is 5.06 Å². The van der Waals surface area contributed by atoms with E-state index in [4.69, 9.17) is 15.4 Å². The van der Waals surface area contributed by atoms with E-state index in [1.165, 1.54) is 13.8 Å². The summed E-state index contributed by atoms with van der Waals surface area (Å²) in [6.45, 7) is 2.55. The SMILES string of the molecule is CC(=CN(O)C=C(C)C(=O)O)C(=O)O. The smallest absolute Gasteiger partial charge is 0.332 e. The largest absolute Gasteiger partial charge is 0.478 e. The highest BCUT2D eigenvalue weighted by molar-refractivity contribution is 5.86. The molecule has 0 radical (unpaired) electrons. The Kier molecular flexibility index (Phi) is 4.37. The van der Waals surface area contributed by atoms with Gasteiger partial charge in [-0.3, -0.25) is 5.21 Å². The van der Waals surface area contributed by atoms with Gasteiger partial charge >= 0.3 is 11.9 Å². The van der Waals surface area contributed by atoms with Crippen molar-refractivity contribution in [3.63, 3.8) is 0 Å². The van der Waals surface area contributed by atoms with Crippen molar-refractivity contribution in [3.05, 3.63) is 23.5 Å². The number of carboxylic acid groups (broad SMARTS) is 2. The van der Waals surface area contributed by atoms with E-state index < -0.39 is 11.9 Å². The minimum absolute atomic E-state index is 0.109. The zero-order valence-corrected chi connectivity index (χ0v) is 7.76. The molecule has 3 N–H and O–H groups in total. The second kappa shape index (κ2) is 5.03. The van der Waals surface area contributed by atoms with Gasteiger partial charge in [-0.25, -0.2) is 14.7 Å². The van der Waals surface area contributed by atoms with Crippen LogP contribution in [0, 0.1) is 0 Å². The third kappa shape index (κ3) is 4.27. The van der Waals surface area contributed by atoms with Gasteiger partial charge in [0.1, 0.15) is 0 Å². The van der Waals surface area contributed by atoms with Crippen molar-refractivity contribution < 1.29 is 25.0 Å². The van der Waals surface area contributed by atoms with Gasteiger partial charge < -0.3 is 10.2 Å². The minimum Gasteiger partial charge on any atom is -0.478 e. The van der Waals surface area contributed by atoms with Crippen LogP contribution in [-0.2, 0) is 9.59 Å². The summed E-state index contributed by atoms with van der Waals surface area (Å²) in [7, 11) is 0. The number of carboxylic acids is 2. The average molecular weight is 201 g/mol. The van der Waals surface area contributed by atoms with Crippen molar-refractivity contribution in [1.29, 1.82) is 0 Å². The first-order valence-corrected chi connectivity index (χ1v) is 3.65. The summed E-state index contributed by atoms with van der Waals surface area (Å²) < 4.78 is 0. The Labute approximate surface area is 80.3 Å². The van der Waals surface area contributed by atoms with Crippen LogP contribution in [0.1, 0.15) is 13.8 Å². The number of hydrogen-bond acceptors (Lipinski definition) is 4. The molecule has 0 fully saturated rings. The fourth-order valence-corrected chi connectivity index (χ4v) is 0.545. The quantitative estimate of drug-likeness (QED) is 0.456. The van der Waals surface area contributed by atoms with E-state index in [1.807, 2.05) is 0 Å². The predicted octanol–water partition coefficient (Wildman–Crippen LogP) is 0.654. The Morgan fingerprint density at radius 1 is 1.00 bits per heavy atom. The van der Waals surface area contributed by atoms with Crippen molar-refractivity contribution in [2.24, 2.45) is 0 Å². The van der Waals surface area contributed by atoms with E-state index in [0.717, 1.165) is 12.4 Å². The third-order valence-corrected chi connectivity index (χ3v) is 1.33. The number of aliphatic carboxylic acids is 2. The maximum atomic E-state index is 10.3. The first kappa shape index (κ1) is 12.2. The maximum Gasteiger partial charge on any atom is 0.332 e. The molecular formula is C8H11NO5. The zero-order chi connectivity index (χ0) is 11.3. The van der Waals surface area contributed by atoms with Crippen molar-refractivity contribution in [2.75, 3.05) is 0 Å². The van der Waals surface area contributed by atoms with Gasteiger partial charge in [-0.1, -0.05) is 0 Å². The first-order chi connectivity index (χ1) is 6.34. The molecule has 0 amide bonds. The summed E-state index contributed by atoms with van der Waals surface area (Å²) in [5, 5.41) is 26.3. The van der Waals surface area contributed by atoms with E-state index in [9.17, 15) is 9.59 Å². The van der Waals surface area contributed by atoms with Crippen molar-refractivity contribution >= 4 is 11.9 Å². The molecule has 0 unspecified atom stereocenters. The summed E-state index contributed by atoms with van der Waals surface area (Å²) in [5.41, 5.74) is -0.219. The lowest BCUT2D eigenvalue weighted by Gasteiger charge is -2.06. The zero-order valence-electron chi connectivity index (χ0n) is 7.76. The molecule has 0 aromatic rings. The van der Waals surface area contributed by atoms with E-state index in [-0.39, 0.29) is 11.1 Å². The maximum absolute atomic E-state index is 10.3. The molecule has 0 rings (SSSR count). The van der Waals surface area contributed by atoms with Gasteiger partial charge in [-0.15, -0.1) is 0 Å². The lowest BCUT2D eigenvalue weighted by molar-refractivity contribution is -0.133. The summed E-state index contributed by atoms with van der Waals surface area (Å²) in [5.74, 6) is -2.38. The Hall–Kier alpha value is -1.82. The fraction of sp³-hybridized carbons (Fsp3) is 0.250. The molecule has 0 aromatic heterocycles. The number of rotatable bonds is 4. The van der Waals surface area contributed by atoms with Crippen molar-refractivity contribution in [3.8, 4) is 0 Å². The highest BCUT2D eigenvalue weighted by Gasteiger charge is 2.04. The molecule has 0 bridgehead atoms. The molecule has 0 saturated heterocycles. The third-order valence-electron chi connectivity index (χ3n) is 1.33. The molecule has 14 heavy (non-hydrogen) atoms. The van der Waals surface area contributed by atoms with Gasteiger partial charge in [0, 0.05) is 12.4 Å². The number of hydrogen-bond donors (Lipinski definition) is 3. The van der Waals surface area contributed by atoms with Crippen LogP contribution in [0.25, 0.3) is 0 Å². The van der Waals surface area contributed by atoms with Gasteiger partial charge in [-0.05, 0) is 13.8 Å². The molecule has 0 atom stereocenters. The Bertz CT molecular complexity index is 275. The first-order valence-electron chi connectivity index (χ1n) is 3.65. The molecule has 6 nitrogen and oxygen atoms in total. The van der Waals surface area contributed by atoms with Crippen LogP contribution in [-0.4, -0.2) is 32.4 Å². The highest BCUT2D eigenvalue weighted by atomic mass is 16.5.